The van der Waals surface area contributed by atoms with Crippen LogP contribution in [0.1, 0.15) is 260 Å². The van der Waals surface area contributed by atoms with Crippen LogP contribution in [0.4, 0.5) is 0 Å². The lowest BCUT2D eigenvalue weighted by Crippen LogP contribution is -2.51. The highest BCUT2D eigenvalue weighted by atomic mass is 16.5. The Kier molecular flexibility index (Phi) is 27.5. The third-order valence-electron chi connectivity index (χ3n) is 18.0. The summed E-state index contributed by atoms with van der Waals surface area (Å²) >= 11 is 0. The molecular formula is C61H109NO4. The number of hydrogen-bond acceptors (Lipinski definition) is 5. The lowest BCUT2D eigenvalue weighted by atomic mass is 9.47. The van der Waals surface area contributed by atoms with Crippen molar-refractivity contribution in [3.05, 3.63) is 36.0 Å². The Hall–Kier alpha value is -1.43. The Bertz CT molecular complexity index is 1390. The van der Waals surface area contributed by atoms with E-state index in [0.717, 1.165) is 99.7 Å². The van der Waals surface area contributed by atoms with Crippen molar-refractivity contribution in [2.45, 2.75) is 279 Å². The predicted octanol–water partition coefficient (Wildman–Crippen LogP) is 16.7. The quantitative estimate of drug-likeness (QED) is 0.0372. The normalized spacial score (nSPS) is 27.9. The first-order chi connectivity index (χ1) is 31.9. The fourth-order valence-electron chi connectivity index (χ4n) is 14.0. The lowest BCUT2D eigenvalue weighted by molar-refractivity contribution is -0.151. The first kappa shape index (κ1) is 57.2. The highest BCUT2D eigenvalue weighted by Gasteiger charge is 2.59. The SMILES string of the molecule is CCCCC/C=C\C/C=C/CCCCCC[C@H](O)CN(CCCC(=O)OC1CCC2(C)C(=CCC3C2CCC2(C)C(C(C)CCCC(C)C)CCC32)C1)C[C@@H](O)CCCCCCCCCC. The van der Waals surface area contributed by atoms with Crippen molar-refractivity contribution < 1.29 is 19.7 Å². The van der Waals surface area contributed by atoms with Crippen LogP contribution < -0.4 is 0 Å². The molecule has 0 saturated heterocycles. The van der Waals surface area contributed by atoms with E-state index in [9.17, 15) is 15.0 Å². The van der Waals surface area contributed by atoms with Crippen LogP contribution in [0, 0.1) is 46.3 Å². The molecule has 5 heteroatoms. The number of fused-ring (bicyclic) bond motifs is 5. The van der Waals surface area contributed by atoms with E-state index in [1.807, 2.05) is 0 Å². The molecule has 0 aromatic carbocycles. The molecule has 2 N–H and O–H groups in total. The summed E-state index contributed by atoms with van der Waals surface area (Å²) in [6.07, 6.45) is 49.8. The smallest absolute Gasteiger partial charge is 0.306 e. The zero-order valence-electron chi connectivity index (χ0n) is 44.7. The van der Waals surface area contributed by atoms with Gasteiger partial charge in [0.2, 0.25) is 0 Å². The van der Waals surface area contributed by atoms with Gasteiger partial charge in [-0.3, -0.25) is 9.69 Å². The molecule has 10 atom stereocenters. The van der Waals surface area contributed by atoms with Crippen LogP contribution >= 0.6 is 0 Å². The van der Waals surface area contributed by atoms with Gasteiger partial charge < -0.3 is 14.9 Å². The second kappa shape index (κ2) is 31.7. The number of esters is 1. The predicted molar refractivity (Wildman–Crippen MR) is 283 cm³/mol. The zero-order valence-corrected chi connectivity index (χ0v) is 44.7. The highest BCUT2D eigenvalue weighted by molar-refractivity contribution is 5.69. The summed E-state index contributed by atoms with van der Waals surface area (Å²) < 4.78 is 6.27. The standard InChI is InChI=1S/C61H109NO4/c1-8-10-12-14-16-18-19-20-21-22-23-25-27-29-35-53(64)48-62(47-52(63)34-28-26-24-17-15-13-11-9-2)45-31-36-59(65)66-54-41-43-60(6)51(46-54)37-38-55-57-40-39-56(50(5)33-30-32-49(3)4)61(57,7)44-42-58(55)60/h16,18,20-21,37,49-50,52-58,63-64H,8-15,17,19,22-36,38-48H2,1-7H3/b18-16-,21-20+/t50?,52-,53-,54?,55?,56?,57?,58?,60?,61?/m0/s1. The Balaban J connectivity index is 1.19. The van der Waals surface area contributed by atoms with E-state index in [4.69, 9.17) is 4.74 Å². The Morgan fingerprint density at radius 3 is 1.95 bits per heavy atom. The van der Waals surface area contributed by atoms with E-state index in [0.29, 0.717) is 37.9 Å². The molecule has 3 saturated carbocycles. The minimum absolute atomic E-state index is 0.00513. The van der Waals surface area contributed by atoms with E-state index in [1.165, 1.54) is 135 Å². The average molecular weight is 921 g/mol. The number of aliphatic hydroxyl groups excluding tert-OH is 2. The molecule has 0 radical (unpaired) electrons. The van der Waals surface area contributed by atoms with Gasteiger partial charge in [0.05, 0.1) is 12.2 Å². The molecule has 382 valence electrons. The van der Waals surface area contributed by atoms with Crippen molar-refractivity contribution in [1.29, 1.82) is 0 Å². The van der Waals surface area contributed by atoms with Gasteiger partial charge in [-0.2, -0.15) is 0 Å². The van der Waals surface area contributed by atoms with E-state index in [-0.39, 0.29) is 17.5 Å². The zero-order chi connectivity index (χ0) is 47.6. The van der Waals surface area contributed by atoms with Crippen LogP contribution in [-0.2, 0) is 9.53 Å². The van der Waals surface area contributed by atoms with Crippen LogP contribution in [0.5, 0.6) is 0 Å². The molecule has 4 aliphatic rings. The number of rotatable bonds is 36. The van der Waals surface area contributed by atoms with Gasteiger partial charge in [0.15, 0.2) is 0 Å². The Labute approximate surface area is 409 Å². The summed E-state index contributed by atoms with van der Waals surface area (Å²) in [7, 11) is 0. The van der Waals surface area contributed by atoms with Crippen molar-refractivity contribution in [2.24, 2.45) is 46.3 Å². The van der Waals surface area contributed by atoms with Crippen molar-refractivity contribution >= 4 is 5.97 Å². The van der Waals surface area contributed by atoms with Crippen LogP contribution in [-0.4, -0.2) is 59.0 Å². The van der Waals surface area contributed by atoms with E-state index < -0.39 is 12.2 Å². The molecule has 0 aliphatic heterocycles. The molecule has 0 spiro atoms. The molecule has 4 aliphatic carbocycles. The molecule has 0 bridgehead atoms. The summed E-state index contributed by atoms with van der Waals surface area (Å²) in [4.78, 5) is 15.7. The van der Waals surface area contributed by atoms with Crippen LogP contribution in [0.15, 0.2) is 36.0 Å². The number of ether oxygens (including phenoxy) is 1. The number of aliphatic hydroxyl groups is 2. The molecule has 0 aromatic rings. The summed E-state index contributed by atoms with van der Waals surface area (Å²) in [6, 6.07) is 0. The van der Waals surface area contributed by atoms with Crippen LogP contribution in [0.3, 0.4) is 0 Å². The fraction of sp³-hybridized carbons (Fsp3) is 0.885. The van der Waals surface area contributed by atoms with Crippen LogP contribution in [0.25, 0.3) is 0 Å². The number of unbranched alkanes of at least 4 members (excludes halogenated alkanes) is 14. The monoisotopic (exact) mass is 920 g/mol. The number of carbonyl (C=O) groups excluding carboxylic acids is 1. The number of nitrogens with zero attached hydrogens (tertiary/aromatic N) is 1. The summed E-state index contributed by atoms with van der Waals surface area (Å²) in [5, 5.41) is 22.3. The molecule has 4 rings (SSSR count). The molecule has 5 nitrogen and oxygen atoms in total. The minimum atomic E-state index is -0.410. The minimum Gasteiger partial charge on any atom is -0.462 e. The Morgan fingerprint density at radius 2 is 1.30 bits per heavy atom. The number of allylic oxidation sites excluding steroid dienone is 5. The van der Waals surface area contributed by atoms with Gasteiger partial charge in [-0.25, -0.2) is 0 Å². The first-order valence-corrected chi connectivity index (χ1v) is 29.2. The molecule has 0 amide bonds. The number of carbonyl (C=O) groups is 1. The van der Waals surface area contributed by atoms with Crippen molar-refractivity contribution in [2.75, 3.05) is 19.6 Å². The number of hydrogen-bond donors (Lipinski definition) is 2. The van der Waals surface area contributed by atoms with Crippen molar-refractivity contribution in [3.8, 4) is 0 Å². The first-order valence-electron chi connectivity index (χ1n) is 29.2. The van der Waals surface area contributed by atoms with Gasteiger partial charge >= 0.3 is 5.97 Å². The molecule has 0 aromatic heterocycles. The maximum Gasteiger partial charge on any atom is 0.306 e. The maximum absolute atomic E-state index is 13.4. The van der Waals surface area contributed by atoms with Crippen molar-refractivity contribution in [3.63, 3.8) is 0 Å². The fourth-order valence-corrected chi connectivity index (χ4v) is 14.0. The highest BCUT2D eigenvalue weighted by Crippen LogP contribution is 2.67. The maximum atomic E-state index is 13.4. The molecule has 0 heterocycles. The molecule has 66 heavy (non-hydrogen) atoms. The lowest BCUT2D eigenvalue weighted by Gasteiger charge is -2.58. The van der Waals surface area contributed by atoms with E-state index >= 15 is 0 Å². The van der Waals surface area contributed by atoms with Gasteiger partial charge in [-0.05, 0) is 149 Å². The van der Waals surface area contributed by atoms with E-state index in [2.05, 4.69) is 83.7 Å². The molecular weight excluding hydrogens is 811 g/mol. The summed E-state index contributed by atoms with van der Waals surface area (Å²) in [5.74, 6) is 4.94. The van der Waals surface area contributed by atoms with Gasteiger partial charge in [0.1, 0.15) is 6.10 Å². The van der Waals surface area contributed by atoms with Gasteiger partial charge in [0.25, 0.3) is 0 Å². The third-order valence-corrected chi connectivity index (χ3v) is 18.0. The van der Waals surface area contributed by atoms with Gasteiger partial charge in [0, 0.05) is 25.9 Å². The van der Waals surface area contributed by atoms with Crippen LogP contribution in [0.2, 0.25) is 0 Å². The van der Waals surface area contributed by atoms with E-state index in [1.54, 1.807) is 5.57 Å². The second-order valence-electron chi connectivity index (χ2n) is 23.7. The van der Waals surface area contributed by atoms with Gasteiger partial charge in [-0.1, -0.05) is 187 Å². The average Bonchev–Trinajstić information content (AvgIpc) is 3.64. The summed E-state index contributed by atoms with van der Waals surface area (Å²) in [5.41, 5.74) is 2.35. The Morgan fingerprint density at radius 1 is 0.697 bits per heavy atom. The summed E-state index contributed by atoms with van der Waals surface area (Å²) in [6.45, 7) is 19.0. The second-order valence-corrected chi connectivity index (χ2v) is 23.7. The third kappa shape index (κ3) is 19.4. The molecule has 3 fully saturated rings. The van der Waals surface area contributed by atoms with Crippen molar-refractivity contribution in [1.82, 2.24) is 4.90 Å². The van der Waals surface area contributed by atoms with Gasteiger partial charge in [-0.15, -0.1) is 0 Å². The molecule has 8 unspecified atom stereocenters. The largest absolute Gasteiger partial charge is 0.462 e. The topological polar surface area (TPSA) is 70.0 Å².